The number of nitrogens with one attached hydrogen (secondary N) is 2. The van der Waals surface area contributed by atoms with E-state index in [0.29, 0.717) is 0 Å². The molecule has 0 fully saturated rings. The number of amides is 1. The number of hydrogen-bond donors (Lipinski definition) is 4. The summed E-state index contributed by atoms with van der Waals surface area (Å²) in [5.41, 5.74) is -0.740. The van der Waals surface area contributed by atoms with Gasteiger partial charge in [0, 0.05) is 18.5 Å². The Balaban J connectivity index is 2.89. The first-order chi connectivity index (χ1) is 7.93. The van der Waals surface area contributed by atoms with Crippen molar-refractivity contribution >= 4 is 11.9 Å². The van der Waals surface area contributed by atoms with E-state index in [1.165, 1.54) is 19.3 Å². The van der Waals surface area contributed by atoms with Gasteiger partial charge in [-0.1, -0.05) is 0 Å². The molecular weight excluding hydrogens is 228 g/mol. The van der Waals surface area contributed by atoms with E-state index in [1.54, 1.807) is 0 Å². The fourth-order valence-corrected chi connectivity index (χ4v) is 1.20. The maximum atomic E-state index is 11.6. The summed E-state index contributed by atoms with van der Waals surface area (Å²) >= 11 is 0. The minimum absolute atomic E-state index is 0.209. The first-order valence-electron chi connectivity index (χ1n) is 4.82. The first kappa shape index (κ1) is 12.9. The molecule has 4 N–H and O–H groups in total. The van der Waals surface area contributed by atoms with Crippen LogP contribution >= 0.6 is 0 Å². The zero-order valence-corrected chi connectivity index (χ0v) is 9.01. The molecule has 0 aliphatic carbocycles. The van der Waals surface area contributed by atoms with Crippen molar-refractivity contribution < 1.29 is 19.8 Å². The van der Waals surface area contributed by atoms with Crippen LogP contribution in [0.5, 0.6) is 0 Å². The number of aromatic amines is 1. The van der Waals surface area contributed by atoms with Crippen molar-refractivity contribution in [2.75, 3.05) is 0 Å². The lowest BCUT2D eigenvalue weighted by Gasteiger charge is -2.16. The molecule has 0 aliphatic heterocycles. The standard InChI is InChI=1S/C10H12N2O5/c1-5(13)8(10(16)17)12-9(15)6-4-11-3-2-7(6)14/h2-5,8,13H,1H3,(H,11,14)(H,12,15)(H,16,17). The molecule has 7 heteroatoms. The summed E-state index contributed by atoms with van der Waals surface area (Å²) in [5, 5.41) is 20.0. The first-order valence-corrected chi connectivity index (χ1v) is 4.82. The number of hydrogen-bond acceptors (Lipinski definition) is 4. The van der Waals surface area contributed by atoms with Gasteiger partial charge in [0.05, 0.1) is 6.10 Å². The molecule has 0 radical (unpaired) electrons. The van der Waals surface area contributed by atoms with E-state index in [-0.39, 0.29) is 5.56 Å². The van der Waals surface area contributed by atoms with Crippen molar-refractivity contribution in [2.45, 2.75) is 19.1 Å². The van der Waals surface area contributed by atoms with Crippen LogP contribution in [0.25, 0.3) is 0 Å². The van der Waals surface area contributed by atoms with E-state index in [2.05, 4.69) is 10.3 Å². The van der Waals surface area contributed by atoms with E-state index in [0.717, 1.165) is 6.07 Å². The number of aliphatic hydroxyl groups excluding tert-OH is 1. The quantitative estimate of drug-likeness (QED) is 0.534. The summed E-state index contributed by atoms with van der Waals surface area (Å²) in [7, 11) is 0. The minimum atomic E-state index is -1.46. The van der Waals surface area contributed by atoms with Crippen molar-refractivity contribution in [3.63, 3.8) is 0 Å². The van der Waals surface area contributed by atoms with Crippen molar-refractivity contribution in [3.8, 4) is 0 Å². The molecule has 0 aliphatic rings. The Hall–Kier alpha value is -2.15. The monoisotopic (exact) mass is 240 g/mol. The van der Waals surface area contributed by atoms with Crippen LogP contribution < -0.4 is 10.7 Å². The van der Waals surface area contributed by atoms with Crippen molar-refractivity contribution in [1.82, 2.24) is 10.3 Å². The fourth-order valence-electron chi connectivity index (χ4n) is 1.20. The average molecular weight is 240 g/mol. The van der Waals surface area contributed by atoms with Gasteiger partial charge in [-0.15, -0.1) is 0 Å². The molecule has 0 aromatic carbocycles. The van der Waals surface area contributed by atoms with Gasteiger partial charge in [0.25, 0.3) is 5.91 Å². The third-order valence-corrected chi connectivity index (χ3v) is 2.10. The number of aliphatic hydroxyl groups is 1. The molecule has 7 nitrogen and oxygen atoms in total. The van der Waals surface area contributed by atoms with Crippen LogP contribution in [0.2, 0.25) is 0 Å². The lowest BCUT2D eigenvalue weighted by Crippen LogP contribution is -2.48. The van der Waals surface area contributed by atoms with Crippen molar-refractivity contribution in [3.05, 3.63) is 34.2 Å². The lowest BCUT2D eigenvalue weighted by atomic mass is 10.1. The van der Waals surface area contributed by atoms with Gasteiger partial charge in [0.1, 0.15) is 5.56 Å². The number of pyridine rings is 1. The van der Waals surface area contributed by atoms with Crippen LogP contribution in [-0.4, -0.2) is 39.2 Å². The summed E-state index contributed by atoms with van der Waals surface area (Å²) < 4.78 is 0. The molecule has 0 bridgehead atoms. The Labute approximate surface area is 96.1 Å². The van der Waals surface area contributed by atoms with E-state index in [1.807, 2.05) is 0 Å². The zero-order chi connectivity index (χ0) is 13.0. The largest absolute Gasteiger partial charge is 0.480 e. The molecule has 92 valence electrons. The molecule has 2 unspecified atom stereocenters. The summed E-state index contributed by atoms with van der Waals surface area (Å²) in [4.78, 5) is 36.1. The second-order valence-corrected chi connectivity index (χ2v) is 3.45. The van der Waals surface area contributed by atoms with E-state index < -0.39 is 29.5 Å². The highest BCUT2D eigenvalue weighted by Gasteiger charge is 2.26. The number of H-pyrrole nitrogens is 1. The predicted molar refractivity (Wildman–Crippen MR) is 57.6 cm³/mol. The topological polar surface area (TPSA) is 119 Å². The summed E-state index contributed by atoms with van der Waals surface area (Å²) in [5.74, 6) is -2.22. The number of carbonyl (C=O) groups is 2. The highest BCUT2D eigenvalue weighted by Crippen LogP contribution is 1.96. The lowest BCUT2D eigenvalue weighted by molar-refractivity contribution is -0.141. The summed E-state index contributed by atoms with van der Waals surface area (Å²) in [6.07, 6.45) is 1.25. The normalized spacial score (nSPS) is 13.8. The van der Waals surface area contributed by atoms with Gasteiger partial charge in [-0.2, -0.15) is 0 Å². The molecule has 1 aromatic heterocycles. The maximum absolute atomic E-state index is 11.6. The van der Waals surface area contributed by atoms with Gasteiger partial charge in [0.15, 0.2) is 11.5 Å². The number of carbonyl (C=O) groups excluding carboxylic acids is 1. The van der Waals surface area contributed by atoms with Gasteiger partial charge in [-0.25, -0.2) is 4.79 Å². The molecular formula is C10H12N2O5. The zero-order valence-electron chi connectivity index (χ0n) is 9.01. The van der Waals surface area contributed by atoms with Gasteiger partial charge >= 0.3 is 5.97 Å². The highest BCUT2D eigenvalue weighted by molar-refractivity contribution is 5.96. The minimum Gasteiger partial charge on any atom is -0.480 e. The van der Waals surface area contributed by atoms with Crippen LogP contribution in [0.15, 0.2) is 23.3 Å². The predicted octanol–water partition coefficient (Wildman–Crippen LogP) is -1.06. The molecule has 17 heavy (non-hydrogen) atoms. The van der Waals surface area contributed by atoms with Crippen LogP contribution in [-0.2, 0) is 4.79 Å². The SMILES string of the molecule is CC(O)C(NC(=O)c1c[nH]ccc1=O)C(=O)O. The van der Waals surface area contributed by atoms with Crippen LogP contribution in [0, 0.1) is 0 Å². The van der Waals surface area contributed by atoms with Crippen molar-refractivity contribution in [2.24, 2.45) is 0 Å². The summed E-state index contributed by atoms with van der Waals surface area (Å²) in [6.45, 7) is 1.23. The number of carboxylic acids is 1. The van der Waals surface area contributed by atoms with Gasteiger partial charge in [-0.05, 0) is 6.92 Å². The molecule has 1 heterocycles. The second kappa shape index (κ2) is 5.26. The van der Waals surface area contributed by atoms with Gasteiger partial charge in [-0.3, -0.25) is 9.59 Å². The Morgan fingerprint density at radius 1 is 1.47 bits per heavy atom. The molecule has 0 saturated heterocycles. The Kier molecular flexibility index (Phi) is 4.00. The third kappa shape index (κ3) is 3.15. The van der Waals surface area contributed by atoms with Crippen LogP contribution in [0.4, 0.5) is 0 Å². The average Bonchev–Trinajstić information content (AvgIpc) is 2.25. The highest BCUT2D eigenvalue weighted by atomic mass is 16.4. The fraction of sp³-hybridized carbons (Fsp3) is 0.300. The van der Waals surface area contributed by atoms with Crippen LogP contribution in [0.1, 0.15) is 17.3 Å². The third-order valence-electron chi connectivity index (χ3n) is 2.10. The smallest absolute Gasteiger partial charge is 0.328 e. The van der Waals surface area contributed by atoms with Gasteiger partial charge in [0.2, 0.25) is 0 Å². The van der Waals surface area contributed by atoms with Crippen LogP contribution in [0.3, 0.4) is 0 Å². The Morgan fingerprint density at radius 2 is 2.12 bits per heavy atom. The summed E-state index contributed by atoms with van der Waals surface area (Å²) in [6, 6.07) is -0.310. The molecule has 1 aromatic rings. The second-order valence-electron chi connectivity index (χ2n) is 3.45. The van der Waals surface area contributed by atoms with Crippen molar-refractivity contribution in [1.29, 1.82) is 0 Å². The molecule has 1 rings (SSSR count). The maximum Gasteiger partial charge on any atom is 0.328 e. The Bertz CT molecular complexity index is 480. The number of carboxylic acid groups (broad SMARTS) is 1. The molecule has 2 atom stereocenters. The number of aliphatic carboxylic acids is 1. The van der Waals surface area contributed by atoms with E-state index in [4.69, 9.17) is 10.2 Å². The Morgan fingerprint density at radius 3 is 2.59 bits per heavy atom. The van der Waals surface area contributed by atoms with E-state index >= 15 is 0 Å². The molecule has 0 spiro atoms. The molecule has 1 amide bonds. The van der Waals surface area contributed by atoms with E-state index in [9.17, 15) is 14.4 Å². The number of rotatable bonds is 4. The number of aromatic nitrogens is 1. The molecule has 0 saturated carbocycles. The van der Waals surface area contributed by atoms with Gasteiger partial charge < -0.3 is 20.5 Å².